The van der Waals surface area contributed by atoms with Gasteiger partial charge in [0.2, 0.25) is 0 Å². The Kier molecular flexibility index (Phi) is 4.97. The predicted octanol–water partition coefficient (Wildman–Crippen LogP) is 2.37. The van der Waals surface area contributed by atoms with Gasteiger partial charge >= 0.3 is 12.0 Å². The number of benzene rings is 1. The van der Waals surface area contributed by atoms with Crippen LogP contribution in [0.5, 0.6) is 0 Å². The fourth-order valence-electron chi connectivity index (χ4n) is 2.12. The van der Waals surface area contributed by atoms with Crippen LogP contribution in [-0.2, 0) is 9.53 Å². The molecule has 0 aliphatic carbocycles. The van der Waals surface area contributed by atoms with Crippen molar-refractivity contribution >= 4 is 23.6 Å². The molecule has 118 valence electrons. The van der Waals surface area contributed by atoms with Crippen LogP contribution in [0.3, 0.4) is 0 Å². The van der Waals surface area contributed by atoms with Crippen LogP contribution < -0.4 is 10.6 Å². The van der Waals surface area contributed by atoms with Gasteiger partial charge in [-0.3, -0.25) is 0 Å². The molecule has 0 spiro atoms. The highest BCUT2D eigenvalue weighted by Gasteiger charge is 2.33. The molecule has 5 nitrogen and oxygen atoms in total. The van der Waals surface area contributed by atoms with Crippen LogP contribution >= 0.6 is 11.6 Å². The molecule has 1 atom stereocenters. The quantitative estimate of drug-likeness (QED) is 0.658. The summed E-state index contributed by atoms with van der Waals surface area (Å²) in [5, 5.41) is 4.89. The van der Waals surface area contributed by atoms with Crippen LogP contribution in [0.2, 0.25) is 0 Å². The second kappa shape index (κ2) is 6.74. The van der Waals surface area contributed by atoms with Crippen molar-refractivity contribution in [3.8, 4) is 0 Å². The number of amides is 2. The number of nitrogens with one attached hydrogen (secondary N) is 2. The Labute approximate surface area is 130 Å². The minimum Gasteiger partial charge on any atom is -0.463 e. The Morgan fingerprint density at radius 3 is 2.68 bits per heavy atom. The van der Waals surface area contributed by atoms with Crippen LogP contribution in [0, 0.1) is 11.6 Å². The van der Waals surface area contributed by atoms with E-state index in [9.17, 15) is 18.4 Å². The first-order valence-electron chi connectivity index (χ1n) is 6.46. The summed E-state index contributed by atoms with van der Waals surface area (Å²) in [7, 11) is 0. The van der Waals surface area contributed by atoms with Crippen LogP contribution in [0.4, 0.5) is 13.6 Å². The molecule has 2 amide bonds. The lowest BCUT2D eigenvalue weighted by molar-refractivity contribution is -0.139. The number of allylic oxidation sites excluding steroid dienone is 1. The Balaban J connectivity index is 2.51. The predicted molar refractivity (Wildman–Crippen MR) is 75.1 cm³/mol. The van der Waals surface area contributed by atoms with E-state index in [4.69, 9.17) is 16.3 Å². The lowest BCUT2D eigenvalue weighted by atomic mass is 9.95. The molecule has 2 N–H and O–H groups in total. The second-order valence-electron chi connectivity index (χ2n) is 4.45. The van der Waals surface area contributed by atoms with Crippen molar-refractivity contribution < 1.29 is 23.1 Å². The summed E-state index contributed by atoms with van der Waals surface area (Å²) in [6.07, 6.45) is 0. The minimum atomic E-state index is -1.08. The summed E-state index contributed by atoms with van der Waals surface area (Å²) < 4.78 is 31.4. The van der Waals surface area contributed by atoms with Gasteiger partial charge < -0.3 is 15.4 Å². The Morgan fingerprint density at radius 2 is 2.09 bits per heavy atom. The number of carbonyl (C=O) groups is 2. The maximum Gasteiger partial charge on any atom is 0.338 e. The normalized spacial score (nSPS) is 17.8. The fourth-order valence-corrected chi connectivity index (χ4v) is 2.33. The zero-order valence-corrected chi connectivity index (χ0v) is 12.3. The van der Waals surface area contributed by atoms with Crippen molar-refractivity contribution in [3.63, 3.8) is 0 Å². The molecule has 0 saturated carbocycles. The highest BCUT2D eigenvalue weighted by Crippen LogP contribution is 2.29. The summed E-state index contributed by atoms with van der Waals surface area (Å²) in [6.45, 7) is 1.75. The molecule has 0 saturated heterocycles. The van der Waals surface area contributed by atoms with Gasteiger partial charge in [0, 0.05) is 5.70 Å². The van der Waals surface area contributed by atoms with Gasteiger partial charge in [-0.25, -0.2) is 18.4 Å². The maximum absolute atomic E-state index is 13.4. The Hall–Kier alpha value is -2.15. The average Bonchev–Trinajstić information content (AvgIpc) is 2.49. The van der Waals surface area contributed by atoms with E-state index in [1.165, 1.54) is 6.07 Å². The third-order valence-electron chi connectivity index (χ3n) is 3.06. The minimum absolute atomic E-state index is 0.0578. The highest BCUT2D eigenvalue weighted by molar-refractivity contribution is 6.20. The molecule has 1 heterocycles. The van der Waals surface area contributed by atoms with Gasteiger partial charge in [0.25, 0.3) is 0 Å². The van der Waals surface area contributed by atoms with Gasteiger partial charge in [-0.15, -0.1) is 11.6 Å². The number of rotatable bonds is 4. The lowest BCUT2D eigenvalue weighted by Crippen LogP contribution is -2.46. The first-order chi connectivity index (χ1) is 10.5. The number of esters is 1. The van der Waals surface area contributed by atoms with Crippen LogP contribution in [-0.4, -0.2) is 24.5 Å². The first-order valence-corrected chi connectivity index (χ1v) is 7.00. The van der Waals surface area contributed by atoms with E-state index in [-0.39, 0.29) is 29.3 Å². The van der Waals surface area contributed by atoms with Crippen molar-refractivity contribution in [2.24, 2.45) is 0 Å². The van der Waals surface area contributed by atoms with E-state index >= 15 is 0 Å². The fraction of sp³-hybridized carbons (Fsp3) is 0.286. The molecule has 0 aromatic heterocycles. The average molecular weight is 331 g/mol. The number of urea groups is 1. The van der Waals surface area contributed by atoms with Crippen LogP contribution in [0.25, 0.3) is 0 Å². The standard InChI is InChI=1S/C14H13ClF2N2O3/c1-2-22-13(20)11-10(6-15)18-14(21)19-12(11)7-3-4-8(16)9(17)5-7/h3-5,12H,2,6H2,1H3,(H2,18,19,21)/t12-/m1/s1. The lowest BCUT2D eigenvalue weighted by Gasteiger charge is -2.28. The summed E-state index contributed by atoms with van der Waals surface area (Å²) in [5.41, 5.74) is 0.431. The first kappa shape index (κ1) is 16.2. The smallest absolute Gasteiger partial charge is 0.338 e. The van der Waals surface area contributed by atoms with Gasteiger partial charge in [-0.05, 0) is 24.6 Å². The summed E-state index contributed by atoms with van der Waals surface area (Å²) in [4.78, 5) is 23.8. The molecule has 2 rings (SSSR count). The largest absolute Gasteiger partial charge is 0.463 e. The Morgan fingerprint density at radius 1 is 1.36 bits per heavy atom. The van der Waals surface area contributed by atoms with Crippen molar-refractivity contribution in [3.05, 3.63) is 46.7 Å². The summed E-state index contributed by atoms with van der Waals surface area (Å²) >= 11 is 5.75. The second-order valence-corrected chi connectivity index (χ2v) is 4.72. The van der Waals surface area contributed by atoms with Gasteiger partial charge in [0.15, 0.2) is 11.6 Å². The van der Waals surface area contributed by atoms with Crippen molar-refractivity contribution in [2.45, 2.75) is 13.0 Å². The monoisotopic (exact) mass is 330 g/mol. The van der Waals surface area contributed by atoms with Crippen LogP contribution in [0.1, 0.15) is 18.5 Å². The van der Waals surface area contributed by atoms with Gasteiger partial charge in [0.1, 0.15) is 0 Å². The maximum atomic E-state index is 13.4. The molecule has 0 bridgehead atoms. The summed E-state index contributed by atoms with van der Waals surface area (Å²) in [6, 6.07) is 1.54. The van der Waals surface area contributed by atoms with Crippen molar-refractivity contribution in [1.29, 1.82) is 0 Å². The molecule has 1 aliphatic heterocycles. The van der Waals surface area contributed by atoms with E-state index in [2.05, 4.69) is 10.6 Å². The number of alkyl halides is 1. The molecule has 1 aromatic rings. The molecule has 0 unspecified atom stereocenters. The number of hydrogen-bond acceptors (Lipinski definition) is 3. The van der Waals surface area contributed by atoms with Gasteiger partial charge in [-0.1, -0.05) is 6.07 Å². The number of hydrogen-bond donors (Lipinski definition) is 2. The van der Waals surface area contributed by atoms with Gasteiger partial charge in [0.05, 0.1) is 24.1 Å². The molecular formula is C14H13ClF2N2O3. The molecule has 1 aromatic carbocycles. The van der Waals surface area contributed by atoms with Crippen molar-refractivity contribution in [1.82, 2.24) is 10.6 Å². The molecule has 0 radical (unpaired) electrons. The third-order valence-corrected chi connectivity index (χ3v) is 3.33. The summed E-state index contributed by atoms with van der Waals surface area (Å²) in [5.74, 6) is -2.94. The molecule has 8 heteroatoms. The number of ether oxygens (including phenoxy) is 1. The van der Waals surface area contributed by atoms with E-state index in [0.717, 1.165) is 12.1 Å². The zero-order chi connectivity index (χ0) is 16.3. The number of carbonyl (C=O) groups excluding carboxylic acids is 2. The van der Waals surface area contributed by atoms with Crippen molar-refractivity contribution in [2.75, 3.05) is 12.5 Å². The number of halogens is 3. The zero-order valence-electron chi connectivity index (χ0n) is 11.6. The topological polar surface area (TPSA) is 67.4 Å². The molecule has 1 aliphatic rings. The van der Waals surface area contributed by atoms with E-state index in [1.807, 2.05) is 0 Å². The highest BCUT2D eigenvalue weighted by atomic mass is 35.5. The molecule has 22 heavy (non-hydrogen) atoms. The van der Waals surface area contributed by atoms with Gasteiger partial charge in [-0.2, -0.15) is 0 Å². The Bertz CT molecular complexity index is 649. The van der Waals surface area contributed by atoms with E-state index in [1.54, 1.807) is 6.92 Å². The van der Waals surface area contributed by atoms with E-state index in [0.29, 0.717) is 0 Å². The van der Waals surface area contributed by atoms with E-state index < -0.39 is 29.7 Å². The molecule has 0 fully saturated rings. The van der Waals surface area contributed by atoms with Crippen LogP contribution in [0.15, 0.2) is 29.5 Å². The third kappa shape index (κ3) is 3.19. The SMILES string of the molecule is CCOC(=O)C1=C(CCl)NC(=O)N[C@@H]1c1ccc(F)c(F)c1. The molecular weight excluding hydrogens is 318 g/mol.